The molecule has 0 bridgehead atoms. The molecule has 0 heterocycles. The molecule has 0 unspecified atom stereocenters. The summed E-state index contributed by atoms with van der Waals surface area (Å²) in [6.45, 7) is 12.7. The molecule has 1 fully saturated rings. The van der Waals surface area contributed by atoms with Gasteiger partial charge in [-0.2, -0.15) is 5.26 Å². The number of aromatic carboxylic acids is 1. The monoisotopic (exact) mass is 614 g/mol. The van der Waals surface area contributed by atoms with E-state index in [0.717, 1.165) is 60.7 Å². The summed E-state index contributed by atoms with van der Waals surface area (Å²) in [6, 6.07) is 19.4. The Bertz CT molecular complexity index is 1410. The summed E-state index contributed by atoms with van der Waals surface area (Å²) < 4.78 is 19.9. The van der Waals surface area contributed by atoms with Crippen LogP contribution in [0.25, 0.3) is 0 Å². The number of halogens is 1. The van der Waals surface area contributed by atoms with Crippen LogP contribution < -0.4 is 4.74 Å². The maximum Gasteiger partial charge on any atom is 0.335 e. The minimum atomic E-state index is -0.902. The van der Waals surface area contributed by atoms with Crippen molar-refractivity contribution >= 4 is 17.4 Å². The third-order valence-corrected chi connectivity index (χ3v) is 8.27. The smallest absolute Gasteiger partial charge is 0.335 e. The lowest BCUT2D eigenvalue weighted by atomic mass is 9.84. The fraction of sp³-hybridized carbons (Fsp3) is 0.462. The molecular weight excluding hydrogens is 563 g/mol. The lowest BCUT2D eigenvalue weighted by Gasteiger charge is -2.22. The van der Waals surface area contributed by atoms with Gasteiger partial charge >= 0.3 is 5.97 Å². The van der Waals surface area contributed by atoms with E-state index in [9.17, 15) is 9.18 Å². The maximum absolute atomic E-state index is 14.0. The zero-order valence-corrected chi connectivity index (χ0v) is 28.0. The van der Waals surface area contributed by atoms with E-state index >= 15 is 0 Å². The first kappa shape index (κ1) is 37.2. The van der Waals surface area contributed by atoms with Crippen molar-refractivity contribution in [1.29, 1.82) is 5.26 Å². The average Bonchev–Trinajstić information content (AvgIpc) is 3.01. The van der Waals surface area contributed by atoms with Gasteiger partial charge in [-0.15, -0.1) is 0 Å². The minimum absolute atomic E-state index is 0.166. The number of ether oxygens (including phenoxy) is 1. The van der Waals surface area contributed by atoms with Crippen LogP contribution in [-0.4, -0.2) is 16.8 Å². The molecule has 3 aromatic carbocycles. The zero-order chi connectivity index (χ0) is 33.2. The van der Waals surface area contributed by atoms with Gasteiger partial charge in [-0.05, 0) is 92.5 Å². The van der Waals surface area contributed by atoms with Crippen LogP contribution in [0.4, 0.5) is 10.1 Å². The number of hydrogen-bond donors (Lipinski definition) is 1. The highest BCUT2D eigenvalue weighted by atomic mass is 19.1. The number of nitrogens with zero attached hydrogens (tertiary/aromatic N) is 2. The van der Waals surface area contributed by atoms with Crippen LogP contribution in [0.15, 0.2) is 65.7 Å². The summed E-state index contributed by atoms with van der Waals surface area (Å²) in [7, 11) is 0. The Balaban J connectivity index is 0.000000283. The van der Waals surface area contributed by atoms with E-state index in [2.05, 4.69) is 31.8 Å². The van der Waals surface area contributed by atoms with Gasteiger partial charge in [0, 0.05) is 11.3 Å². The van der Waals surface area contributed by atoms with Crippen LogP contribution >= 0.6 is 0 Å². The Morgan fingerprint density at radius 2 is 1.73 bits per heavy atom. The number of carboxylic acids is 1. The molecule has 0 aliphatic heterocycles. The zero-order valence-electron chi connectivity index (χ0n) is 28.0. The molecule has 1 aliphatic rings. The van der Waals surface area contributed by atoms with Crippen molar-refractivity contribution in [2.24, 2.45) is 10.9 Å². The topological polar surface area (TPSA) is 82.7 Å². The fourth-order valence-corrected chi connectivity index (χ4v) is 5.09. The van der Waals surface area contributed by atoms with Crippen LogP contribution in [0, 0.1) is 30.0 Å². The Labute approximate surface area is 270 Å². The van der Waals surface area contributed by atoms with Crippen LogP contribution in [-0.2, 0) is 6.61 Å². The third-order valence-electron chi connectivity index (χ3n) is 8.27. The Hall–Kier alpha value is -3.98. The molecule has 242 valence electrons. The third kappa shape index (κ3) is 12.5. The molecule has 1 N–H and O–H groups in total. The highest BCUT2D eigenvalue weighted by molar-refractivity contribution is 5.89. The molecular formula is C39H51FN2O3. The van der Waals surface area contributed by atoms with Gasteiger partial charge in [0.15, 0.2) is 0 Å². The highest BCUT2D eigenvalue weighted by Crippen LogP contribution is 2.34. The predicted molar refractivity (Wildman–Crippen MR) is 183 cm³/mol. The molecule has 0 atom stereocenters. The van der Waals surface area contributed by atoms with Crippen molar-refractivity contribution in [3.63, 3.8) is 0 Å². The average molecular weight is 615 g/mol. The highest BCUT2D eigenvalue weighted by Gasteiger charge is 2.16. The molecule has 1 aliphatic carbocycles. The number of benzene rings is 3. The van der Waals surface area contributed by atoms with Crippen LogP contribution in [0.1, 0.15) is 131 Å². The molecule has 0 saturated heterocycles. The van der Waals surface area contributed by atoms with E-state index in [-0.39, 0.29) is 6.61 Å². The van der Waals surface area contributed by atoms with Crippen LogP contribution in [0.2, 0.25) is 0 Å². The number of carboxylic acid groups (broad SMARTS) is 1. The number of hydrogen-bond acceptors (Lipinski definition) is 4. The largest absolute Gasteiger partial charge is 0.489 e. The van der Waals surface area contributed by atoms with Crippen molar-refractivity contribution in [3.05, 3.63) is 94.3 Å². The molecule has 6 heteroatoms. The first-order valence-corrected chi connectivity index (χ1v) is 16.4. The second kappa shape index (κ2) is 20.1. The Morgan fingerprint density at radius 1 is 1.04 bits per heavy atom. The minimum Gasteiger partial charge on any atom is -0.489 e. The summed E-state index contributed by atoms with van der Waals surface area (Å²) in [5.74, 6) is 1.12. The van der Waals surface area contributed by atoms with E-state index in [1.165, 1.54) is 37.3 Å². The number of para-hydroxylation sites is 1. The van der Waals surface area contributed by atoms with E-state index in [1.807, 2.05) is 45.0 Å². The van der Waals surface area contributed by atoms with Gasteiger partial charge in [0.1, 0.15) is 18.2 Å². The number of aryl methyl sites for hydroxylation is 1. The first-order valence-electron chi connectivity index (χ1n) is 16.4. The van der Waals surface area contributed by atoms with Crippen molar-refractivity contribution in [2.45, 2.75) is 112 Å². The van der Waals surface area contributed by atoms with Gasteiger partial charge in [0.25, 0.3) is 0 Å². The molecule has 0 aromatic heterocycles. The number of carbonyl (C=O) groups is 1. The van der Waals surface area contributed by atoms with Gasteiger partial charge in [-0.1, -0.05) is 90.5 Å². The molecule has 4 rings (SSSR count). The predicted octanol–water partition coefficient (Wildman–Crippen LogP) is 11.4. The quantitative estimate of drug-likeness (QED) is 0.206. The number of rotatable bonds is 12. The lowest BCUT2D eigenvalue weighted by molar-refractivity contribution is 0.0696. The van der Waals surface area contributed by atoms with Gasteiger partial charge < -0.3 is 9.84 Å². The van der Waals surface area contributed by atoms with Gasteiger partial charge in [-0.3, -0.25) is 4.99 Å². The normalized spacial score (nSPS) is 12.6. The Kier molecular flexibility index (Phi) is 16.6. The summed E-state index contributed by atoms with van der Waals surface area (Å²) in [4.78, 5) is 15.1. The molecule has 0 amide bonds. The van der Waals surface area contributed by atoms with Gasteiger partial charge in [-0.25, -0.2) is 9.18 Å². The second-order valence-corrected chi connectivity index (χ2v) is 11.7. The van der Waals surface area contributed by atoms with Crippen molar-refractivity contribution in [3.8, 4) is 11.8 Å². The van der Waals surface area contributed by atoms with E-state index in [0.29, 0.717) is 22.6 Å². The number of nitriles is 1. The van der Waals surface area contributed by atoms with Gasteiger partial charge in [0.05, 0.1) is 22.9 Å². The van der Waals surface area contributed by atoms with Crippen molar-refractivity contribution in [2.75, 3.05) is 0 Å². The van der Waals surface area contributed by atoms with E-state index in [1.54, 1.807) is 30.3 Å². The molecule has 3 aromatic rings. The number of aliphatic imine (C=N–C) groups is 1. The molecule has 0 radical (unpaired) electrons. The maximum atomic E-state index is 14.0. The molecule has 5 nitrogen and oxygen atoms in total. The van der Waals surface area contributed by atoms with E-state index < -0.39 is 11.8 Å². The van der Waals surface area contributed by atoms with Crippen molar-refractivity contribution in [1.82, 2.24) is 0 Å². The molecule has 0 spiro atoms. The molecule has 45 heavy (non-hydrogen) atoms. The SMILES string of the molecule is CCC(C)=Nc1ccc(C(=O)O)cc1C.CCC1CCC1.CCCC(CCC)c1ccccc1OCc1ccc(C#N)cc1F. The summed E-state index contributed by atoms with van der Waals surface area (Å²) in [6.07, 6.45) is 11.3. The summed E-state index contributed by atoms with van der Waals surface area (Å²) >= 11 is 0. The van der Waals surface area contributed by atoms with E-state index in [4.69, 9.17) is 15.1 Å². The fourth-order valence-electron chi connectivity index (χ4n) is 5.09. The summed E-state index contributed by atoms with van der Waals surface area (Å²) in [5.41, 5.74) is 5.08. The molecule has 1 saturated carbocycles. The summed E-state index contributed by atoms with van der Waals surface area (Å²) in [5, 5.41) is 17.6. The standard InChI is InChI=1S/C21H24FNO.C12H15NO2.C6H12/c1-3-7-17(8-4-2)19-9-5-6-10-21(19)24-15-18-12-11-16(14-23)13-20(18)22;1-4-9(3)13-11-6-5-10(12(14)15)7-8(11)2;1-2-6-4-3-5-6/h5-6,9-13,17H,3-4,7-8,15H2,1-2H3;5-7H,4H2,1-3H3,(H,14,15);6H,2-5H2,1H3. The van der Waals surface area contributed by atoms with Crippen LogP contribution in [0.5, 0.6) is 5.75 Å². The van der Waals surface area contributed by atoms with Crippen molar-refractivity contribution < 1.29 is 19.0 Å². The second-order valence-electron chi connectivity index (χ2n) is 11.7. The Morgan fingerprint density at radius 3 is 2.22 bits per heavy atom. The first-order chi connectivity index (χ1) is 21.7. The lowest BCUT2D eigenvalue weighted by Crippen LogP contribution is -2.08. The van der Waals surface area contributed by atoms with Gasteiger partial charge in [0.2, 0.25) is 0 Å². The van der Waals surface area contributed by atoms with Crippen LogP contribution in [0.3, 0.4) is 0 Å².